The van der Waals surface area contributed by atoms with Gasteiger partial charge in [0.25, 0.3) is 0 Å². The molecular formula is C11H21NO3. The maximum Gasteiger partial charge on any atom is 0.0695 e. The molecule has 15 heavy (non-hydrogen) atoms. The Bertz CT molecular complexity index is 200. The van der Waals surface area contributed by atoms with Gasteiger partial charge in [-0.15, -0.1) is 0 Å². The Labute approximate surface area is 90.8 Å². The molecule has 0 radical (unpaired) electrons. The van der Waals surface area contributed by atoms with Gasteiger partial charge in [-0.25, -0.2) is 0 Å². The normalized spacial score (nSPS) is 39.2. The van der Waals surface area contributed by atoms with Crippen LogP contribution in [0.2, 0.25) is 0 Å². The lowest BCUT2D eigenvalue weighted by Crippen LogP contribution is -2.56. The Morgan fingerprint density at radius 2 is 2.07 bits per heavy atom. The summed E-state index contributed by atoms with van der Waals surface area (Å²) in [5.74, 6) is 0. The summed E-state index contributed by atoms with van der Waals surface area (Å²) in [6.45, 7) is 2.29. The van der Waals surface area contributed by atoms with Crippen molar-refractivity contribution in [1.29, 1.82) is 0 Å². The van der Waals surface area contributed by atoms with E-state index in [-0.39, 0.29) is 24.8 Å². The van der Waals surface area contributed by atoms with Gasteiger partial charge >= 0.3 is 0 Å². The van der Waals surface area contributed by atoms with Gasteiger partial charge in [-0.3, -0.25) is 4.90 Å². The highest BCUT2D eigenvalue weighted by Gasteiger charge is 2.34. The average molecular weight is 215 g/mol. The van der Waals surface area contributed by atoms with Gasteiger partial charge in [0.1, 0.15) is 0 Å². The second kappa shape index (κ2) is 5.25. The molecule has 2 aliphatic rings. The van der Waals surface area contributed by atoms with Crippen molar-refractivity contribution in [2.45, 2.75) is 43.9 Å². The molecule has 3 unspecified atom stereocenters. The Morgan fingerprint density at radius 1 is 1.27 bits per heavy atom. The van der Waals surface area contributed by atoms with Crippen molar-refractivity contribution in [2.24, 2.45) is 0 Å². The number of aliphatic hydroxyl groups is 2. The zero-order valence-corrected chi connectivity index (χ0v) is 9.14. The molecule has 88 valence electrons. The zero-order chi connectivity index (χ0) is 10.7. The van der Waals surface area contributed by atoms with E-state index in [0.29, 0.717) is 6.61 Å². The molecule has 2 fully saturated rings. The van der Waals surface area contributed by atoms with Crippen molar-refractivity contribution in [1.82, 2.24) is 4.90 Å². The van der Waals surface area contributed by atoms with Crippen LogP contribution in [0, 0.1) is 0 Å². The fraction of sp³-hybridized carbons (Fsp3) is 1.00. The first-order valence-corrected chi connectivity index (χ1v) is 5.95. The van der Waals surface area contributed by atoms with Crippen LogP contribution in [0.4, 0.5) is 0 Å². The van der Waals surface area contributed by atoms with E-state index in [1.165, 1.54) is 6.42 Å². The molecule has 1 aliphatic heterocycles. The predicted molar refractivity (Wildman–Crippen MR) is 56.7 cm³/mol. The van der Waals surface area contributed by atoms with Gasteiger partial charge in [0.05, 0.1) is 32.0 Å². The lowest BCUT2D eigenvalue weighted by atomic mass is 9.90. The molecule has 0 aromatic rings. The van der Waals surface area contributed by atoms with Gasteiger partial charge in [0.2, 0.25) is 0 Å². The zero-order valence-electron chi connectivity index (χ0n) is 9.14. The van der Waals surface area contributed by atoms with Crippen molar-refractivity contribution in [2.75, 3.05) is 26.4 Å². The Morgan fingerprint density at radius 3 is 2.80 bits per heavy atom. The summed E-state index contributed by atoms with van der Waals surface area (Å²) >= 11 is 0. The molecule has 1 saturated heterocycles. The highest BCUT2D eigenvalue weighted by molar-refractivity contribution is 4.88. The van der Waals surface area contributed by atoms with E-state index in [4.69, 9.17) is 4.74 Å². The summed E-state index contributed by atoms with van der Waals surface area (Å²) in [6.07, 6.45) is 4.06. The van der Waals surface area contributed by atoms with Gasteiger partial charge in [0, 0.05) is 12.6 Å². The Balaban J connectivity index is 1.99. The molecule has 1 aliphatic carbocycles. The third-order valence-electron chi connectivity index (χ3n) is 3.60. The summed E-state index contributed by atoms with van der Waals surface area (Å²) in [6, 6.07) is 0.316. The average Bonchev–Trinajstić information content (AvgIpc) is 2.30. The third-order valence-corrected chi connectivity index (χ3v) is 3.60. The fourth-order valence-electron chi connectivity index (χ4n) is 2.74. The SMILES string of the molecule is OCC1COCCN1C1CCCCC1O. The topological polar surface area (TPSA) is 52.9 Å². The number of hydrogen-bond acceptors (Lipinski definition) is 4. The Hall–Kier alpha value is -0.160. The first kappa shape index (κ1) is 11.3. The molecule has 0 bridgehead atoms. The van der Waals surface area contributed by atoms with Crippen LogP contribution in [0.1, 0.15) is 25.7 Å². The van der Waals surface area contributed by atoms with E-state index in [0.717, 1.165) is 32.4 Å². The van der Waals surface area contributed by atoms with Crippen molar-refractivity contribution in [3.8, 4) is 0 Å². The smallest absolute Gasteiger partial charge is 0.0695 e. The quantitative estimate of drug-likeness (QED) is 0.680. The lowest BCUT2D eigenvalue weighted by Gasteiger charge is -2.43. The molecule has 4 nitrogen and oxygen atoms in total. The van der Waals surface area contributed by atoms with E-state index >= 15 is 0 Å². The number of rotatable bonds is 2. The maximum absolute atomic E-state index is 9.97. The van der Waals surface area contributed by atoms with Crippen LogP contribution in [0.15, 0.2) is 0 Å². The van der Waals surface area contributed by atoms with Crippen molar-refractivity contribution >= 4 is 0 Å². The Kier molecular flexibility index (Phi) is 3.97. The first-order valence-electron chi connectivity index (χ1n) is 5.95. The molecule has 0 aromatic heterocycles. The van der Waals surface area contributed by atoms with Gasteiger partial charge < -0.3 is 14.9 Å². The van der Waals surface area contributed by atoms with Crippen LogP contribution in [0.3, 0.4) is 0 Å². The molecule has 3 atom stereocenters. The van der Waals surface area contributed by atoms with Gasteiger partial charge in [0.15, 0.2) is 0 Å². The summed E-state index contributed by atoms with van der Waals surface area (Å²) in [7, 11) is 0. The standard InChI is InChI=1S/C11H21NO3/c13-7-9-8-15-6-5-12(9)10-3-1-2-4-11(10)14/h9-11,13-14H,1-8H2. The molecule has 1 saturated carbocycles. The summed E-state index contributed by atoms with van der Waals surface area (Å²) < 4.78 is 5.35. The summed E-state index contributed by atoms with van der Waals surface area (Å²) in [5.41, 5.74) is 0. The van der Waals surface area contributed by atoms with E-state index < -0.39 is 0 Å². The largest absolute Gasteiger partial charge is 0.395 e. The third kappa shape index (κ3) is 2.50. The van der Waals surface area contributed by atoms with E-state index in [1.54, 1.807) is 0 Å². The van der Waals surface area contributed by atoms with Crippen LogP contribution in [0.25, 0.3) is 0 Å². The highest BCUT2D eigenvalue weighted by Crippen LogP contribution is 2.25. The van der Waals surface area contributed by atoms with Crippen molar-refractivity contribution < 1.29 is 14.9 Å². The van der Waals surface area contributed by atoms with Crippen LogP contribution >= 0.6 is 0 Å². The van der Waals surface area contributed by atoms with Crippen LogP contribution in [-0.2, 0) is 4.74 Å². The van der Waals surface area contributed by atoms with Crippen molar-refractivity contribution in [3.05, 3.63) is 0 Å². The number of aliphatic hydroxyl groups excluding tert-OH is 2. The predicted octanol–water partition coefficient (Wildman–Crippen LogP) is -0.0170. The second-order valence-corrected chi connectivity index (χ2v) is 4.57. The molecule has 2 rings (SSSR count). The minimum atomic E-state index is -0.217. The molecule has 0 spiro atoms. The number of ether oxygens (including phenoxy) is 1. The van der Waals surface area contributed by atoms with E-state index in [1.807, 2.05) is 0 Å². The molecule has 4 heteroatoms. The van der Waals surface area contributed by atoms with Crippen LogP contribution in [-0.4, -0.2) is 59.7 Å². The second-order valence-electron chi connectivity index (χ2n) is 4.57. The van der Waals surface area contributed by atoms with E-state index in [9.17, 15) is 10.2 Å². The first-order chi connectivity index (χ1) is 7.33. The molecule has 0 amide bonds. The molecule has 2 N–H and O–H groups in total. The van der Waals surface area contributed by atoms with Crippen LogP contribution in [0.5, 0.6) is 0 Å². The number of hydrogen-bond donors (Lipinski definition) is 2. The lowest BCUT2D eigenvalue weighted by molar-refractivity contribution is -0.0825. The van der Waals surface area contributed by atoms with Crippen LogP contribution < -0.4 is 0 Å². The molecular weight excluding hydrogens is 194 g/mol. The monoisotopic (exact) mass is 215 g/mol. The van der Waals surface area contributed by atoms with Gasteiger partial charge in [-0.1, -0.05) is 12.8 Å². The fourth-order valence-corrected chi connectivity index (χ4v) is 2.74. The van der Waals surface area contributed by atoms with Crippen molar-refractivity contribution in [3.63, 3.8) is 0 Å². The summed E-state index contributed by atoms with van der Waals surface area (Å²) in [4.78, 5) is 2.24. The minimum absolute atomic E-state index is 0.0801. The molecule has 0 aromatic carbocycles. The van der Waals surface area contributed by atoms with Gasteiger partial charge in [-0.05, 0) is 12.8 Å². The highest BCUT2D eigenvalue weighted by atomic mass is 16.5. The maximum atomic E-state index is 9.97. The van der Waals surface area contributed by atoms with Gasteiger partial charge in [-0.2, -0.15) is 0 Å². The number of morpholine rings is 1. The molecule has 1 heterocycles. The summed E-state index contributed by atoms with van der Waals surface area (Å²) in [5, 5.41) is 19.2. The minimum Gasteiger partial charge on any atom is -0.395 e. The number of nitrogens with zero attached hydrogens (tertiary/aromatic N) is 1. The van der Waals surface area contributed by atoms with E-state index in [2.05, 4.69) is 4.90 Å².